The number of carbonyl (C=O) groups is 2. The molecule has 1 aromatic rings. The third-order valence-electron chi connectivity index (χ3n) is 4.36. The van der Waals surface area contributed by atoms with Gasteiger partial charge in [0.25, 0.3) is 0 Å². The number of likely N-dealkylation sites (N-methyl/N-ethyl adjacent to an activating group) is 1. The Bertz CT molecular complexity index is 558. The van der Waals surface area contributed by atoms with Crippen LogP contribution in [0.3, 0.4) is 0 Å². The molecule has 2 amide bonds. The van der Waals surface area contributed by atoms with E-state index < -0.39 is 0 Å². The van der Waals surface area contributed by atoms with Crippen LogP contribution in [0.1, 0.15) is 30.7 Å². The van der Waals surface area contributed by atoms with Gasteiger partial charge in [-0.15, -0.1) is 0 Å². The summed E-state index contributed by atoms with van der Waals surface area (Å²) < 4.78 is 0. The van der Waals surface area contributed by atoms with E-state index in [0.717, 1.165) is 18.7 Å². The van der Waals surface area contributed by atoms with Gasteiger partial charge in [-0.3, -0.25) is 9.59 Å². The van der Waals surface area contributed by atoms with Crippen molar-refractivity contribution in [3.63, 3.8) is 0 Å². The number of piperidine rings is 1. The lowest BCUT2D eigenvalue weighted by Crippen LogP contribution is -2.48. The molecule has 21 heavy (non-hydrogen) atoms. The standard InChI is InChI=1S/C16H21N3O2/c1-19-10-12(6-7-16(19)21)18-15(20)8-11-9-17-14-5-3-2-4-13(11)14/h2-5,11-12,17H,6-10H2,1H3,(H,18,20). The summed E-state index contributed by atoms with van der Waals surface area (Å²) in [6, 6.07) is 8.24. The number of hydrogen-bond acceptors (Lipinski definition) is 3. The van der Waals surface area contributed by atoms with Crippen LogP contribution >= 0.6 is 0 Å². The Morgan fingerprint density at radius 2 is 2.24 bits per heavy atom. The number of hydrogen-bond donors (Lipinski definition) is 2. The van der Waals surface area contributed by atoms with E-state index in [1.807, 2.05) is 12.1 Å². The van der Waals surface area contributed by atoms with Gasteiger partial charge in [-0.1, -0.05) is 18.2 Å². The van der Waals surface area contributed by atoms with Gasteiger partial charge in [0, 0.05) is 50.6 Å². The predicted molar refractivity (Wildman–Crippen MR) is 81.1 cm³/mol. The Morgan fingerprint density at radius 3 is 3.05 bits per heavy atom. The van der Waals surface area contributed by atoms with Crippen LogP contribution in [0.4, 0.5) is 5.69 Å². The van der Waals surface area contributed by atoms with Crippen molar-refractivity contribution in [3.8, 4) is 0 Å². The summed E-state index contributed by atoms with van der Waals surface area (Å²) in [5.41, 5.74) is 2.36. The number of carbonyl (C=O) groups excluding carboxylic acids is 2. The monoisotopic (exact) mass is 287 g/mol. The summed E-state index contributed by atoms with van der Waals surface area (Å²) in [6.07, 6.45) is 1.77. The lowest BCUT2D eigenvalue weighted by Gasteiger charge is -2.30. The first-order valence-electron chi connectivity index (χ1n) is 7.49. The summed E-state index contributed by atoms with van der Waals surface area (Å²) in [7, 11) is 1.79. The maximum absolute atomic E-state index is 12.2. The van der Waals surface area contributed by atoms with Crippen molar-refractivity contribution in [1.82, 2.24) is 10.2 Å². The Hall–Kier alpha value is -2.04. The zero-order valence-electron chi connectivity index (χ0n) is 12.3. The molecule has 2 atom stereocenters. The fourth-order valence-corrected chi connectivity index (χ4v) is 3.18. The van der Waals surface area contributed by atoms with Gasteiger partial charge in [0.15, 0.2) is 0 Å². The zero-order chi connectivity index (χ0) is 14.8. The molecule has 1 fully saturated rings. The molecule has 2 heterocycles. The van der Waals surface area contributed by atoms with Crippen LogP contribution in [-0.4, -0.2) is 42.9 Å². The molecule has 2 N–H and O–H groups in total. The number of amides is 2. The van der Waals surface area contributed by atoms with Gasteiger partial charge in [0.05, 0.1) is 0 Å². The maximum Gasteiger partial charge on any atom is 0.222 e. The SMILES string of the molecule is CN1CC(NC(=O)CC2CNc3ccccc32)CCC1=O. The molecule has 1 saturated heterocycles. The molecule has 2 aliphatic rings. The first-order chi connectivity index (χ1) is 10.1. The summed E-state index contributed by atoms with van der Waals surface area (Å²) in [6.45, 7) is 1.43. The average molecular weight is 287 g/mol. The number of rotatable bonds is 3. The number of para-hydroxylation sites is 1. The Balaban J connectivity index is 1.55. The lowest BCUT2D eigenvalue weighted by atomic mass is 9.97. The molecule has 3 rings (SSSR count). The second kappa shape index (κ2) is 5.76. The molecule has 0 bridgehead atoms. The van der Waals surface area contributed by atoms with Crippen LogP contribution in [-0.2, 0) is 9.59 Å². The van der Waals surface area contributed by atoms with E-state index in [2.05, 4.69) is 22.8 Å². The molecule has 0 radical (unpaired) electrons. The molecular formula is C16H21N3O2. The number of likely N-dealkylation sites (tertiary alicyclic amines) is 1. The molecule has 2 aliphatic heterocycles. The first-order valence-corrected chi connectivity index (χ1v) is 7.49. The number of nitrogens with zero attached hydrogens (tertiary/aromatic N) is 1. The summed E-state index contributed by atoms with van der Waals surface area (Å²) in [5, 5.41) is 6.41. The van der Waals surface area contributed by atoms with Crippen LogP contribution < -0.4 is 10.6 Å². The van der Waals surface area contributed by atoms with E-state index in [1.165, 1.54) is 5.56 Å². The van der Waals surface area contributed by atoms with Gasteiger partial charge in [0.2, 0.25) is 11.8 Å². The van der Waals surface area contributed by atoms with Crippen LogP contribution in [0.25, 0.3) is 0 Å². The third kappa shape index (κ3) is 3.01. The minimum absolute atomic E-state index is 0.0752. The highest BCUT2D eigenvalue weighted by atomic mass is 16.2. The van der Waals surface area contributed by atoms with Crippen molar-refractivity contribution in [2.45, 2.75) is 31.2 Å². The molecule has 5 heteroatoms. The number of nitrogens with one attached hydrogen (secondary N) is 2. The van der Waals surface area contributed by atoms with Gasteiger partial charge in [-0.2, -0.15) is 0 Å². The minimum atomic E-state index is 0.0752. The van der Waals surface area contributed by atoms with E-state index in [-0.39, 0.29) is 23.8 Å². The van der Waals surface area contributed by atoms with Crippen molar-refractivity contribution in [2.75, 3.05) is 25.5 Å². The fourth-order valence-electron chi connectivity index (χ4n) is 3.18. The molecule has 1 aromatic carbocycles. The van der Waals surface area contributed by atoms with Crippen molar-refractivity contribution < 1.29 is 9.59 Å². The van der Waals surface area contributed by atoms with Crippen LogP contribution in [0, 0.1) is 0 Å². The van der Waals surface area contributed by atoms with Gasteiger partial charge >= 0.3 is 0 Å². The van der Waals surface area contributed by atoms with Crippen molar-refractivity contribution >= 4 is 17.5 Å². The topological polar surface area (TPSA) is 61.4 Å². The molecule has 0 saturated carbocycles. The summed E-state index contributed by atoms with van der Waals surface area (Å²) in [5.74, 6) is 0.477. The average Bonchev–Trinajstić information content (AvgIpc) is 2.86. The largest absolute Gasteiger partial charge is 0.384 e. The smallest absolute Gasteiger partial charge is 0.222 e. The Morgan fingerprint density at radius 1 is 1.43 bits per heavy atom. The highest BCUT2D eigenvalue weighted by Gasteiger charge is 2.27. The van der Waals surface area contributed by atoms with E-state index in [0.29, 0.717) is 19.4 Å². The maximum atomic E-state index is 12.2. The Labute approximate surface area is 124 Å². The molecule has 112 valence electrons. The lowest BCUT2D eigenvalue weighted by molar-refractivity contribution is -0.134. The highest BCUT2D eigenvalue weighted by Crippen LogP contribution is 2.33. The van der Waals surface area contributed by atoms with E-state index in [1.54, 1.807) is 11.9 Å². The van der Waals surface area contributed by atoms with Crippen molar-refractivity contribution in [2.24, 2.45) is 0 Å². The summed E-state index contributed by atoms with van der Waals surface area (Å²) in [4.78, 5) is 25.4. The Kier molecular flexibility index (Phi) is 3.82. The number of anilines is 1. The zero-order valence-corrected chi connectivity index (χ0v) is 12.3. The quantitative estimate of drug-likeness (QED) is 0.881. The summed E-state index contributed by atoms with van der Waals surface area (Å²) >= 11 is 0. The van der Waals surface area contributed by atoms with Gasteiger partial charge in [0.1, 0.15) is 0 Å². The molecule has 2 unspecified atom stereocenters. The van der Waals surface area contributed by atoms with Crippen molar-refractivity contribution in [1.29, 1.82) is 0 Å². The fraction of sp³-hybridized carbons (Fsp3) is 0.500. The predicted octanol–water partition coefficient (Wildman–Crippen LogP) is 1.32. The van der Waals surface area contributed by atoms with E-state index in [9.17, 15) is 9.59 Å². The second-order valence-corrected chi connectivity index (χ2v) is 5.95. The normalized spacial score (nSPS) is 24.4. The van der Waals surface area contributed by atoms with Crippen molar-refractivity contribution in [3.05, 3.63) is 29.8 Å². The first kappa shape index (κ1) is 13.9. The van der Waals surface area contributed by atoms with Crippen LogP contribution in [0.5, 0.6) is 0 Å². The van der Waals surface area contributed by atoms with Crippen LogP contribution in [0.15, 0.2) is 24.3 Å². The van der Waals surface area contributed by atoms with Crippen LogP contribution in [0.2, 0.25) is 0 Å². The van der Waals surface area contributed by atoms with E-state index in [4.69, 9.17) is 0 Å². The number of fused-ring (bicyclic) bond motifs is 1. The molecule has 0 spiro atoms. The molecule has 5 nitrogen and oxygen atoms in total. The molecule has 0 aromatic heterocycles. The highest BCUT2D eigenvalue weighted by molar-refractivity contribution is 5.80. The van der Waals surface area contributed by atoms with Gasteiger partial charge in [-0.05, 0) is 18.1 Å². The second-order valence-electron chi connectivity index (χ2n) is 5.95. The van der Waals surface area contributed by atoms with E-state index >= 15 is 0 Å². The third-order valence-corrected chi connectivity index (χ3v) is 4.36. The molecule has 0 aliphatic carbocycles. The van der Waals surface area contributed by atoms with Gasteiger partial charge < -0.3 is 15.5 Å². The molecular weight excluding hydrogens is 266 g/mol. The number of benzene rings is 1. The van der Waals surface area contributed by atoms with Gasteiger partial charge in [-0.25, -0.2) is 0 Å². The minimum Gasteiger partial charge on any atom is -0.384 e.